The number of amides is 1. The van der Waals surface area contributed by atoms with Gasteiger partial charge in [0.2, 0.25) is 0 Å². The maximum atomic E-state index is 12.6. The van der Waals surface area contributed by atoms with Crippen molar-refractivity contribution in [3.8, 4) is 11.3 Å². The number of aryl methyl sites for hydroxylation is 1. The first-order chi connectivity index (χ1) is 13.9. The molecule has 0 bridgehead atoms. The number of carbonyl (C=O) groups is 1. The molecule has 1 saturated heterocycles. The average molecular weight is 443 g/mol. The van der Waals surface area contributed by atoms with Crippen molar-refractivity contribution in [3.05, 3.63) is 80.9 Å². The van der Waals surface area contributed by atoms with Crippen LogP contribution in [0.25, 0.3) is 17.4 Å². The molecule has 7 heteroatoms. The van der Waals surface area contributed by atoms with E-state index in [9.17, 15) is 4.79 Å². The van der Waals surface area contributed by atoms with E-state index in [1.807, 2.05) is 37.3 Å². The number of amidine groups is 1. The van der Waals surface area contributed by atoms with E-state index in [2.05, 4.69) is 4.99 Å². The molecule has 1 aliphatic heterocycles. The fourth-order valence-corrected chi connectivity index (χ4v) is 4.24. The maximum Gasteiger partial charge on any atom is 0.266 e. The third-order valence-corrected chi connectivity index (χ3v) is 5.97. The van der Waals surface area contributed by atoms with E-state index in [1.165, 1.54) is 16.7 Å². The van der Waals surface area contributed by atoms with Crippen LogP contribution in [0, 0.1) is 6.92 Å². The van der Waals surface area contributed by atoms with Gasteiger partial charge in [0.25, 0.3) is 5.91 Å². The summed E-state index contributed by atoms with van der Waals surface area (Å²) in [5.41, 5.74) is 2.70. The second kappa shape index (κ2) is 8.11. The van der Waals surface area contributed by atoms with Crippen LogP contribution in [0.15, 0.2) is 68.9 Å². The summed E-state index contributed by atoms with van der Waals surface area (Å²) in [6.07, 6.45) is 1.72. The second-order valence-electron chi connectivity index (χ2n) is 6.53. The fraction of sp³-hybridized carbons (Fsp3) is 0.0909. The van der Waals surface area contributed by atoms with Gasteiger partial charge in [-0.25, -0.2) is 4.99 Å². The molecule has 0 spiro atoms. The van der Waals surface area contributed by atoms with Crippen molar-refractivity contribution in [2.75, 3.05) is 7.05 Å². The van der Waals surface area contributed by atoms with Gasteiger partial charge in [0.15, 0.2) is 5.17 Å². The largest absolute Gasteiger partial charge is 0.457 e. The monoisotopic (exact) mass is 442 g/mol. The SMILES string of the molecule is Cc1ccc(N=C2S/C(=C/c3ccc(-c4ccc(Cl)cc4Cl)o3)C(=O)N2C)cc1. The summed E-state index contributed by atoms with van der Waals surface area (Å²) in [6.45, 7) is 2.02. The van der Waals surface area contributed by atoms with Gasteiger partial charge in [-0.1, -0.05) is 40.9 Å². The number of carbonyl (C=O) groups excluding carboxylic acids is 1. The Labute approximate surface area is 182 Å². The van der Waals surface area contributed by atoms with Crippen molar-refractivity contribution in [1.82, 2.24) is 4.90 Å². The second-order valence-corrected chi connectivity index (χ2v) is 8.38. The summed E-state index contributed by atoms with van der Waals surface area (Å²) in [5.74, 6) is 1.05. The van der Waals surface area contributed by atoms with Gasteiger partial charge in [-0.15, -0.1) is 0 Å². The standard InChI is InChI=1S/C22H16Cl2N2O2S/c1-13-3-6-15(7-4-13)25-22-26(2)21(27)20(29-22)12-16-8-10-19(28-16)17-9-5-14(23)11-18(17)24/h3-12H,1-2H3/b20-12+,25-22?. The number of aliphatic imine (C=N–C) groups is 1. The van der Waals surface area contributed by atoms with Crippen molar-refractivity contribution < 1.29 is 9.21 Å². The highest BCUT2D eigenvalue weighted by atomic mass is 35.5. The number of thioether (sulfide) groups is 1. The van der Waals surface area contributed by atoms with Gasteiger partial charge in [-0.2, -0.15) is 0 Å². The predicted octanol–water partition coefficient (Wildman–Crippen LogP) is 6.80. The van der Waals surface area contributed by atoms with Crippen LogP contribution in [0.4, 0.5) is 5.69 Å². The number of hydrogen-bond acceptors (Lipinski definition) is 4. The van der Waals surface area contributed by atoms with Crippen molar-refractivity contribution in [3.63, 3.8) is 0 Å². The summed E-state index contributed by atoms with van der Waals surface area (Å²) >= 11 is 13.5. The highest BCUT2D eigenvalue weighted by Crippen LogP contribution is 2.35. The number of benzene rings is 2. The molecular formula is C22H16Cl2N2O2S. The zero-order valence-corrected chi connectivity index (χ0v) is 18.0. The van der Waals surface area contributed by atoms with E-state index in [0.717, 1.165) is 16.8 Å². The molecule has 0 saturated carbocycles. The van der Waals surface area contributed by atoms with E-state index in [0.29, 0.717) is 31.6 Å². The Morgan fingerprint density at radius 3 is 2.55 bits per heavy atom. The van der Waals surface area contributed by atoms with Gasteiger partial charge in [0.05, 0.1) is 15.6 Å². The van der Waals surface area contributed by atoms with E-state index in [1.54, 1.807) is 37.4 Å². The molecular weight excluding hydrogens is 427 g/mol. The molecule has 0 atom stereocenters. The van der Waals surface area contributed by atoms with E-state index >= 15 is 0 Å². The third-order valence-electron chi connectivity index (χ3n) is 4.36. The van der Waals surface area contributed by atoms with Crippen LogP contribution in [-0.2, 0) is 4.79 Å². The maximum absolute atomic E-state index is 12.6. The van der Waals surface area contributed by atoms with E-state index in [4.69, 9.17) is 27.6 Å². The Morgan fingerprint density at radius 1 is 1.07 bits per heavy atom. The van der Waals surface area contributed by atoms with Crippen molar-refractivity contribution in [2.24, 2.45) is 4.99 Å². The lowest BCUT2D eigenvalue weighted by Crippen LogP contribution is -2.23. The molecule has 146 valence electrons. The lowest BCUT2D eigenvalue weighted by molar-refractivity contribution is -0.121. The number of furan rings is 1. The Balaban J connectivity index is 1.59. The summed E-state index contributed by atoms with van der Waals surface area (Å²) < 4.78 is 5.87. The zero-order valence-electron chi connectivity index (χ0n) is 15.6. The first kappa shape index (κ1) is 19.8. The Bertz CT molecular complexity index is 1150. The normalized spacial score (nSPS) is 17.0. The number of likely N-dealkylation sites (N-methyl/N-ethyl adjacent to an activating group) is 1. The minimum absolute atomic E-state index is 0.122. The van der Waals surface area contributed by atoms with Crippen LogP contribution < -0.4 is 0 Å². The molecule has 1 amide bonds. The molecule has 1 aliphatic rings. The molecule has 2 aromatic carbocycles. The van der Waals surface area contributed by atoms with E-state index in [-0.39, 0.29) is 5.91 Å². The molecule has 0 aliphatic carbocycles. The van der Waals surface area contributed by atoms with Gasteiger partial charge < -0.3 is 4.42 Å². The smallest absolute Gasteiger partial charge is 0.266 e. The Hall–Kier alpha value is -2.47. The minimum atomic E-state index is -0.122. The van der Waals surface area contributed by atoms with Crippen LogP contribution in [0.1, 0.15) is 11.3 Å². The molecule has 0 radical (unpaired) electrons. The molecule has 4 nitrogen and oxygen atoms in total. The molecule has 1 aromatic heterocycles. The van der Waals surface area contributed by atoms with Gasteiger partial charge in [0.1, 0.15) is 11.5 Å². The Kier molecular flexibility index (Phi) is 5.54. The van der Waals surface area contributed by atoms with Crippen LogP contribution in [0.5, 0.6) is 0 Å². The number of hydrogen-bond donors (Lipinski definition) is 0. The van der Waals surface area contributed by atoms with Crippen molar-refractivity contribution >= 4 is 57.8 Å². The molecule has 4 rings (SSSR count). The Morgan fingerprint density at radius 2 is 1.83 bits per heavy atom. The average Bonchev–Trinajstić information content (AvgIpc) is 3.24. The highest BCUT2D eigenvalue weighted by molar-refractivity contribution is 8.18. The number of nitrogens with zero attached hydrogens (tertiary/aromatic N) is 2. The van der Waals surface area contributed by atoms with Gasteiger partial charge in [-0.05, 0) is 61.2 Å². The zero-order chi connectivity index (χ0) is 20.5. The third kappa shape index (κ3) is 4.27. The number of halogens is 2. The predicted molar refractivity (Wildman–Crippen MR) is 121 cm³/mol. The molecule has 2 heterocycles. The van der Waals surface area contributed by atoms with Gasteiger partial charge in [0, 0.05) is 23.7 Å². The lowest BCUT2D eigenvalue weighted by Gasteiger charge is -2.07. The van der Waals surface area contributed by atoms with Crippen molar-refractivity contribution in [1.29, 1.82) is 0 Å². The molecule has 0 N–H and O–H groups in total. The van der Waals surface area contributed by atoms with Gasteiger partial charge in [-0.3, -0.25) is 9.69 Å². The molecule has 29 heavy (non-hydrogen) atoms. The van der Waals surface area contributed by atoms with Crippen LogP contribution in [0.3, 0.4) is 0 Å². The first-order valence-corrected chi connectivity index (χ1v) is 10.4. The summed E-state index contributed by atoms with van der Waals surface area (Å²) in [6, 6.07) is 16.7. The summed E-state index contributed by atoms with van der Waals surface area (Å²) in [5, 5.41) is 1.69. The summed E-state index contributed by atoms with van der Waals surface area (Å²) in [7, 11) is 1.71. The fourth-order valence-electron chi connectivity index (χ4n) is 2.78. The van der Waals surface area contributed by atoms with Crippen LogP contribution >= 0.6 is 35.0 Å². The number of rotatable bonds is 3. The van der Waals surface area contributed by atoms with Gasteiger partial charge >= 0.3 is 0 Å². The quantitative estimate of drug-likeness (QED) is 0.419. The molecule has 0 unspecified atom stereocenters. The van der Waals surface area contributed by atoms with Crippen LogP contribution in [-0.4, -0.2) is 23.0 Å². The molecule has 1 fully saturated rings. The summed E-state index contributed by atoms with van der Waals surface area (Å²) in [4.78, 5) is 19.3. The first-order valence-electron chi connectivity index (χ1n) is 8.79. The topological polar surface area (TPSA) is 45.8 Å². The van der Waals surface area contributed by atoms with Crippen LogP contribution in [0.2, 0.25) is 10.0 Å². The van der Waals surface area contributed by atoms with Crippen molar-refractivity contribution in [2.45, 2.75) is 6.92 Å². The minimum Gasteiger partial charge on any atom is -0.457 e. The van der Waals surface area contributed by atoms with E-state index < -0.39 is 0 Å². The highest BCUT2D eigenvalue weighted by Gasteiger charge is 2.30. The lowest BCUT2D eigenvalue weighted by atomic mass is 10.2. The molecule has 3 aromatic rings.